The number of rotatable bonds is 8. The van der Waals surface area contributed by atoms with Crippen molar-refractivity contribution in [2.75, 3.05) is 26.2 Å². The van der Waals surface area contributed by atoms with Crippen molar-refractivity contribution in [3.05, 3.63) is 35.4 Å². The first-order valence-electron chi connectivity index (χ1n) is 8.57. The predicted octanol–water partition coefficient (Wildman–Crippen LogP) is 1.30. The van der Waals surface area contributed by atoms with Gasteiger partial charge in [-0.3, -0.25) is 14.5 Å². The number of carbonyl (C=O) groups is 3. The molecule has 1 aliphatic heterocycles. The summed E-state index contributed by atoms with van der Waals surface area (Å²) in [7, 11) is 0. The van der Waals surface area contributed by atoms with Crippen LogP contribution in [0.1, 0.15) is 31.4 Å². The molecule has 0 bridgehead atoms. The van der Waals surface area contributed by atoms with Crippen LogP contribution in [0.3, 0.4) is 0 Å². The van der Waals surface area contributed by atoms with Crippen LogP contribution >= 0.6 is 12.4 Å². The van der Waals surface area contributed by atoms with E-state index in [4.69, 9.17) is 0 Å². The Hall–Kier alpha value is -2.12. The Labute approximate surface area is 160 Å². The normalized spacial score (nSPS) is 19.1. The monoisotopic (exact) mass is 382 g/mol. The maximum atomic E-state index is 12.7. The third-order valence-corrected chi connectivity index (χ3v) is 4.26. The van der Waals surface area contributed by atoms with Crippen molar-refractivity contribution in [2.24, 2.45) is 0 Å². The number of amides is 4. The summed E-state index contributed by atoms with van der Waals surface area (Å²) in [6.07, 6.45) is 1.02. The van der Waals surface area contributed by atoms with E-state index in [1.54, 1.807) is 6.92 Å². The van der Waals surface area contributed by atoms with E-state index < -0.39 is 17.5 Å². The summed E-state index contributed by atoms with van der Waals surface area (Å²) in [5, 5.41) is 8.58. The van der Waals surface area contributed by atoms with Crippen LogP contribution in [0.25, 0.3) is 0 Å². The molecule has 26 heavy (non-hydrogen) atoms. The van der Waals surface area contributed by atoms with E-state index >= 15 is 0 Å². The van der Waals surface area contributed by atoms with Gasteiger partial charge >= 0.3 is 6.03 Å². The largest absolute Gasteiger partial charge is 0.353 e. The van der Waals surface area contributed by atoms with Gasteiger partial charge in [0, 0.05) is 13.1 Å². The number of hydrogen-bond donors (Lipinski definition) is 3. The molecular weight excluding hydrogens is 356 g/mol. The molecule has 4 amide bonds. The summed E-state index contributed by atoms with van der Waals surface area (Å²) in [6, 6.07) is 6.86. The lowest BCUT2D eigenvalue weighted by atomic mass is 9.91. The zero-order chi connectivity index (χ0) is 18.4. The fraction of sp³-hybridized carbons (Fsp3) is 0.500. The average molecular weight is 383 g/mol. The Morgan fingerprint density at radius 1 is 1.15 bits per heavy atom. The second kappa shape index (κ2) is 9.54. The highest BCUT2D eigenvalue weighted by atomic mass is 35.5. The molecule has 1 unspecified atom stereocenters. The molecule has 0 aromatic heterocycles. The number of carbonyl (C=O) groups excluding carboxylic acids is 3. The van der Waals surface area contributed by atoms with Gasteiger partial charge in [0.1, 0.15) is 12.1 Å². The van der Waals surface area contributed by atoms with Gasteiger partial charge in [-0.05, 0) is 32.4 Å². The van der Waals surface area contributed by atoms with Gasteiger partial charge in [-0.25, -0.2) is 4.79 Å². The molecule has 2 rings (SSSR count). The van der Waals surface area contributed by atoms with Gasteiger partial charge in [-0.1, -0.05) is 36.8 Å². The SMILES string of the molecule is CCCNCCNC(=O)CN1C(=O)NC(C)(c2ccc(C)cc2)C1=O.Cl. The number of aryl methyl sites for hydroxylation is 1. The first-order chi connectivity index (χ1) is 11.9. The molecule has 0 aliphatic carbocycles. The molecule has 1 aromatic carbocycles. The zero-order valence-corrected chi connectivity index (χ0v) is 16.2. The lowest BCUT2D eigenvalue weighted by Gasteiger charge is -2.22. The Bertz CT molecular complexity index is 650. The fourth-order valence-electron chi connectivity index (χ4n) is 2.71. The number of imide groups is 1. The van der Waals surface area contributed by atoms with Crippen LogP contribution in [-0.2, 0) is 15.1 Å². The Balaban J connectivity index is 0.00000338. The van der Waals surface area contributed by atoms with Crippen molar-refractivity contribution in [3.8, 4) is 0 Å². The van der Waals surface area contributed by atoms with Crippen molar-refractivity contribution in [2.45, 2.75) is 32.7 Å². The topological polar surface area (TPSA) is 90.5 Å². The van der Waals surface area contributed by atoms with Gasteiger partial charge in [0.15, 0.2) is 0 Å². The van der Waals surface area contributed by atoms with Crippen LogP contribution in [0, 0.1) is 6.92 Å². The Morgan fingerprint density at radius 3 is 2.42 bits per heavy atom. The molecule has 0 radical (unpaired) electrons. The second-order valence-electron chi connectivity index (χ2n) is 6.41. The van der Waals surface area contributed by atoms with Gasteiger partial charge in [0.25, 0.3) is 5.91 Å². The summed E-state index contributed by atoms with van der Waals surface area (Å²) in [4.78, 5) is 37.9. The molecule has 1 heterocycles. The highest BCUT2D eigenvalue weighted by molar-refractivity contribution is 6.09. The third-order valence-electron chi connectivity index (χ3n) is 4.26. The molecular formula is C18H27ClN4O3. The van der Waals surface area contributed by atoms with Crippen molar-refractivity contribution >= 4 is 30.3 Å². The number of nitrogens with one attached hydrogen (secondary N) is 3. The molecule has 1 aromatic rings. The first kappa shape index (κ1) is 21.9. The molecule has 8 heteroatoms. The summed E-state index contributed by atoms with van der Waals surface area (Å²) >= 11 is 0. The van der Waals surface area contributed by atoms with Crippen LogP contribution in [-0.4, -0.2) is 48.9 Å². The molecule has 1 saturated heterocycles. The Kier molecular flexibility index (Phi) is 8.05. The van der Waals surface area contributed by atoms with Crippen molar-refractivity contribution in [1.29, 1.82) is 0 Å². The molecule has 1 atom stereocenters. The van der Waals surface area contributed by atoms with E-state index in [0.29, 0.717) is 18.7 Å². The number of urea groups is 1. The molecule has 144 valence electrons. The van der Waals surface area contributed by atoms with Crippen LogP contribution in [0.5, 0.6) is 0 Å². The minimum Gasteiger partial charge on any atom is -0.353 e. The van der Waals surface area contributed by atoms with Crippen molar-refractivity contribution in [1.82, 2.24) is 20.9 Å². The quantitative estimate of drug-likeness (QED) is 0.467. The number of halogens is 1. The standard InChI is InChI=1S/C18H26N4O3.ClH/c1-4-9-19-10-11-20-15(23)12-22-16(24)18(3,21-17(22)25)14-7-5-13(2)6-8-14;/h5-8,19H,4,9-12H2,1-3H3,(H,20,23)(H,21,25);1H. The van der Waals surface area contributed by atoms with Crippen molar-refractivity contribution in [3.63, 3.8) is 0 Å². The average Bonchev–Trinajstić information content (AvgIpc) is 2.79. The molecule has 0 spiro atoms. The Morgan fingerprint density at radius 2 is 1.81 bits per heavy atom. The highest BCUT2D eigenvalue weighted by Gasteiger charge is 2.49. The molecule has 0 saturated carbocycles. The van der Waals surface area contributed by atoms with E-state index in [9.17, 15) is 14.4 Å². The van der Waals surface area contributed by atoms with Crippen molar-refractivity contribution < 1.29 is 14.4 Å². The lowest BCUT2D eigenvalue weighted by molar-refractivity contribution is -0.134. The summed E-state index contributed by atoms with van der Waals surface area (Å²) < 4.78 is 0. The maximum absolute atomic E-state index is 12.7. The number of hydrogen-bond acceptors (Lipinski definition) is 4. The van der Waals surface area contributed by atoms with E-state index in [2.05, 4.69) is 22.9 Å². The first-order valence-corrected chi connectivity index (χ1v) is 8.57. The summed E-state index contributed by atoms with van der Waals surface area (Å²) in [5.74, 6) is -0.768. The van der Waals surface area contributed by atoms with Gasteiger partial charge in [-0.2, -0.15) is 0 Å². The highest BCUT2D eigenvalue weighted by Crippen LogP contribution is 2.28. The minimum absolute atomic E-state index is 0. The molecule has 7 nitrogen and oxygen atoms in total. The predicted molar refractivity (Wildman–Crippen MR) is 102 cm³/mol. The van der Waals surface area contributed by atoms with Gasteiger partial charge in [-0.15, -0.1) is 12.4 Å². The minimum atomic E-state index is -1.15. The van der Waals surface area contributed by atoms with Crippen LogP contribution in [0.2, 0.25) is 0 Å². The smallest absolute Gasteiger partial charge is 0.325 e. The van der Waals surface area contributed by atoms with Gasteiger partial charge in [0.05, 0.1) is 0 Å². The molecule has 1 fully saturated rings. The number of benzene rings is 1. The van der Waals surface area contributed by atoms with E-state index in [0.717, 1.165) is 23.4 Å². The van der Waals surface area contributed by atoms with Crippen LogP contribution < -0.4 is 16.0 Å². The molecule has 1 aliphatic rings. The fourth-order valence-corrected chi connectivity index (χ4v) is 2.71. The lowest BCUT2D eigenvalue weighted by Crippen LogP contribution is -2.44. The van der Waals surface area contributed by atoms with E-state index in [1.807, 2.05) is 31.2 Å². The van der Waals surface area contributed by atoms with E-state index in [1.165, 1.54) is 0 Å². The van der Waals surface area contributed by atoms with E-state index in [-0.39, 0.29) is 24.9 Å². The zero-order valence-electron chi connectivity index (χ0n) is 15.4. The van der Waals surface area contributed by atoms with Gasteiger partial charge in [0.2, 0.25) is 5.91 Å². The van der Waals surface area contributed by atoms with Gasteiger partial charge < -0.3 is 16.0 Å². The molecule has 3 N–H and O–H groups in total. The second-order valence-corrected chi connectivity index (χ2v) is 6.41. The summed E-state index contributed by atoms with van der Waals surface area (Å²) in [6.45, 7) is 7.39. The van der Waals surface area contributed by atoms with Crippen LogP contribution in [0.15, 0.2) is 24.3 Å². The third kappa shape index (κ3) is 4.95. The number of nitrogens with zero attached hydrogens (tertiary/aromatic N) is 1. The maximum Gasteiger partial charge on any atom is 0.325 e. The van der Waals surface area contributed by atoms with Crippen LogP contribution in [0.4, 0.5) is 4.79 Å². The summed E-state index contributed by atoms with van der Waals surface area (Å²) in [5.41, 5.74) is 0.619.